The number of hydrogen-bond acceptors (Lipinski definition) is 3. The van der Waals surface area contributed by atoms with Gasteiger partial charge in [0.1, 0.15) is 5.54 Å². The van der Waals surface area contributed by atoms with Gasteiger partial charge in [0.05, 0.1) is 12.2 Å². The predicted octanol–water partition coefficient (Wildman–Crippen LogP) is 3.49. The molecule has 3 amide bonds. The maximum absolute atomic E-state index is 13.0. The van der Waals surface area contributed by atoms with Gasteiger partial charge in [-0.15, -0.1) is 0 Å². The van der Waals surface area contributed by atoms with Crippen molar-refractivity contribution < 1.29 is 9.59 Å². The van der Waals surface area contributed by atoms with Crippen LogP contribution < -0.4 is 5.32 Å². The van der Waals surface area contributed by atoms with Gasteiger partial charge in [0.25, 0.3) is 5.91 Å². The van der Waals surface area contributed by atoms with Crippen molar-refractivity contribution in [2.45, 2.75) is 19.0 Å². The molecule has 1 aromatic heterocycles. The molecule has 0 radical (unpaired) electrons. The molecule has 2 aromatic carbocycles. The molecule has 136 valence electrons. The lowest BCUT2D eigenvalue weighted by Crippen LogP contribution is -2.40. The smallest absolute Gasteiger partial charge is 0.319 e. The first-order valence-electron chi connectivity index (χ1n) is 8.46. The van der Waals surface area contributed by atoms with E-state index in [1.54, 1.807) is 42.1 Å². The van der Waals surface area contributed by atoms with Crippen LogP contribution in [0.5, 0.6) is 0 Å². The van der Waals surface area contributed by atoms with Crippen molar-refractivity contribution in [3.05, 3.63) is 83.1 Å². The monoisotopic (exact) mass is 380 g/mol. The van der Waals surface area contributed by atoms with Crippen molar-refractivity contribution in [3.8, 4) is 5.69 Å². The van der Waals surface area contributed by atoms with Gasteiger partial charge in [0.2, 0.25) is 0 Å². The van der Waals surface area contributed by atoms with Crippen molar-refractivity contribution in [2.24, 2.45) is 0 Å². The topological polar surface area (TPSA) is 67.2 Å². The summed E-state index contributed by atoms with van der Waals surface area (Å²) >= 11 is 5.93. The molecule has 1 unspecified atom stereocenters. The highest BCUT2D eigenvalue weighted by atomic mass is 35.5. The number of imide groups is 1. The number of hydrogen-bond donors (Lipinski definition) is 1. The molecule has 0 spiro atoms. The van der Waals surface area contributed by atoms with Crippen LogP contribution in [0.3, 0.4) is 0 Å². The fourth-order valence-corrected chi connectivity index (χ4v) is 3.30. The molecule has 1 fully saturated rings. The SMILES string of the molecule is CC1(c2ccc(Cl)cc2)NC(=O)N(Cc2ccc(-n3cccn3)cc2)C1=O. The lowest BCUT2D eigenvalue weighted by atomic mass is 9.92. The van der Waals surface area contributed by atoms with E-state index in [9.17, 15) is 9.59 Å². The summed E-state index contributed by atoms with van der Waals surface area (Å²) in [6.45, 7) is 1.91. The van der Waals surface area contributed by atoms with Crippen molar-refractivity contribution in [1.82, 2.24) is 20.0 Å². The molecule has 1 aliphatic heterocycles. The minimum atomic E-state index is -1.10. The van der Waals surface area contributed by atoms with Gasteiger partial charge in [0, 0.05) is 17.4 Å². The predicted molar refractivity (Wildman–Crippen MR) is 101 cm³/mol. The van der Waals surface area contributed by atoms with Gasteiger partial charge in [-0.05, 0) is 48.4 Å². The summed E-state index contributed by atoms with van der Waals surface area (Å²) in [6, 6.07) is 15.9. The van der Waals surface area contributed by atoms with E-state index in [2.05, 4.69) is 10.4 Å². The number of rotatable bonds is 4. The lowest BCUT2D eigenvalue weighted by molar-refractivity contribution is -0.131. The Morgan fingerprint density at radius 2 is 1.78 bits per heavy atom. The third kappa shape index (κ3) is 3.08. The van der Waals surface area contributed by atoms with E-state index in [1.165, 1.54) is 4.90 Å². The summed E-state index contributed by atoms with van der Waals surface area (Å²) < 4.78 is 1.75. The standard InChI is InChI=1S/C20H17ClN4O2/c1-20(15-5-7-16(21)8-6-15)18(26)24(19(27)23-20)13-14-3-9-17(10-4-14)25-12-2-11-22-25/h2-12H,13H2,1H3,(H,23,27). The Morgan fingerprint density at radius 3 is 2.41 bits per heavy atom. The van der Waals surface area contributed by atoms with Gasteiger partial charge in [-0.2, -0.15) is 5.10 Å². The summed E-state index contributed by atoms with van der Waals surface area (Å²) in [5.74, 6) is -0.286. The summed E-state index contributed by atoms with van der Waals surface area (Å²) in [7, 11) is 0. The Labute approximate surface area is 161 Å². The van der Waals surface area contributed by atoms with Crippen molar-refractivity contribution in [1.29, 1.82) is 0 Å². The first kappa shape index (κ1) is 17.3. The molecule has 1 aliphatic rings. The van der Waals surface area contributed by atoms with E-state index in [0.717, 1.165) is 11.3 Å². The van der Waals surface area contributed by atoms with Gasteiger partial charge >= 0.3 is 6.03 Å². The molecule has 6 nitrogen and oxygen atoms in total. The highest BCUT2D eigenvalue weighted by molar-refractivity contribution is 6.30. The molecule has 0 bridgehead atoms. The summed E-state index contributed by atoms with van der Waals surface area (Å²) in [4.78, 5) is 26.7. The molecule has 27 heavy (non-hydrogen) atoms. The second kappa shape index (κ2) is 6.55. The number of urea groups is 1. The summed E-state index contributed by atoms with van der Waals surface area (Å²) in [5, 5.41) is 7.56. The number of aromatic nitrogens is 2. The van der Waals surface area contributed by atoms with E-state index >= 15 is 0 Å². The van der Waals surface area contributed by atoms with Gasteiger partial charge in [-0.1, -0.05) is 35.9 Å². The minimum absolute atomic E-state index is 0.202. The zero-order valence-electron chi connectivity index (χ0n) is 14.6. The molecule has 0 aliphatic carbocycles. The Hall–Kier alpha value is -3.12. The van der Waals surface area contributed by atoms with Gasteiger partial charge in [-0.25, -0.2) is 9.48 Å². The molecule has 3 aromatic rings. The maximum Gasteiger partial charge on any atom is 0.325 e. The van der Waals surface area contributed by atoms with Crippen LogP contribution in [0, 0.1) is 0 Å². The van der Waals surface area contributed by atoms with Crippen LogP contribution in [0.2, 0.25) is 5.02 Å². The Bertz CT molecular complexity index is 984. The molecular formula is C20H17ClN4O2. The number of benzene rings is 2. The second-order valence-corrected chi connectivity index (χ2v) is 7.01. The van der Waals surface area contributed by atoms with Crippen LogP contribution >= 0.6 is 11.6 Å². The van der Waals surface area contributed by atoms with Crippen LogP contribution in [0.15, 0.2) is 67.0 Å². The highest BCUT2D eigenvalue weighted by Gasteiger charge is 2.48. The molecule has 0 saturated carbocycles. The van der Waals surface area contributed by atoms with Crippen LogP contribution in [-0.4, -0.2) is 26.6 Å². The highest BCUT2D eigenvalue weighted by Crippen LogP contribution is 2.30. The fourth-order valence-electron chi connectivity index (χ4n) is 3.18. The molecule has 7 heteroatoms. The van der Waals surface area contributed by atoms with Gasteiger partial charge in [-0.3, -0.25) is 9.69 Å². The number of carbonyl (C=O) groups is 2. The number of carbonyl (C=O) groups excluding carboxylic acids is 2. The second-order valence-electron chi connectivity index (χ2n) is 6.57. The van der Waals surface area contributed by atoms with Crippen LogP contribution in [-0.2, 0) is 16.9 Å². The number of amides is 3. The largest absolute Gasteiger partial charge is 0.325 e. The van der Waals surface area contributed by atoms with Crippen LogP contribution in [0.25, 0.3) is 5.69 Å². The average molecular weight is 381 g/mol. The van der Waals surface area contributed by atoms with Crippen LogP contribution in [0.4, 0.5) is 4.79 Å². The third-order valence-electron chi connectivity index (χ3n) is 4.74. The molecule has 1 N–H and O–H groups in total. The molecule has 4 rings (SSSR count). The van der Waals surface area contributed by atoms with Crippen molar-refractivity contribution >= 4 is 23.5 Å². The zero-order valence-corrected chi connectivity index (χ0v) is 15.3. The summed E-state index contributed by atoms with van der Waals surface area (Å²) in [5.41, 5.74) is 1.36. The molecule has 2 heterocycles. The minimum Gasteiger partial charge on any atom is -0.319 e. The Kier molecular flexibility index (Phi) is 4.20. The number of halogens is 1. The van der Waals surface area contributed by atoms with E-state index in [4.69, 9.17) is 11.6 Å². The van der Waals surface area contributed by atoms with Crippen LogP contribution in [0.1, 0.15) is 18.1 Å². The van der Waals surface area contributed by atoms with Crippen molar-refractivity contribution in [2.75, 3.05) is 0 Å². The first-order valence-corrected chi connectivity index (χ1v) is 8.84. The van der Waals surface area contributed by atoms with E-state index in [-0.39, 0.29) is 12.5 Å². The first-order chi connectivity index (χ1) is 13.0. The van der Waals surface area contributed by atoms with Crippen molar-refractivity contribution in [3.63, 3.8) is 0 Å². The van der Waals surface area contributed by atoms with Gasteiger partial charge in [0.15, 0.2) is 0 Å². The average Bonchev–Trinajstić information content (AvgIpc) is 3.27. The Balaban J connectivity index is 1.55. The molecule has 1 saturated heterocycles. The maximum atomic E-state index is 13.0. The quantitative estimate of drug-likeness (QED) is 0.704. The fraction of sp³-hybridized carbons (Fsp3) is 0.150. The third-order valence-corrected chi connectivity index (χ3v) is 4.99. The van der Waals surface area contributed by atoms with Gasteiger partial charge < -0.3 is 5.32 Å². The Morgan fingerprint density at radius 1 is 1.07 bits per heavy atom. The zero-order chi connectivity index (χ0) is 19.0. The summed E-state index contributed by atoms with van der Waals surface area (Å²) in [6.07, 6.45) is 3.56. The normalized spacial score (nSPS) is 19.4. The number of nitrogens with zero attached hydrogens (tertiary/aromatic N) is 3. The number of nitrogens with one attached hydrogen (secondary N) is 1. The molecular weight excluding hydrogens is 364 g/mol. The van der Waals surface area contributed by atoms with E-state index in [0.29, 0.717) is 10.6 Å². The van der Waals surface area contributed by atoms with E-state index in [1.807, 2.05) is 36.5 Å². The van der Waals surface area contributed by atoms with E-state index < -0.39 is 11.6 Å². The molecule has 1 atom stereocenters. The lowest BCUT2D eigenvalue weighted by Gasteiger charge is -2.22.